The normalized spacial score (nSPS) is 14.0. The SMILES string of the molecule is C=CCOC(=O)[C@H](CCCNC(=O)NS(=O)(=O)c1c(C)c(C)c2c(c1C)OC(C)(C)C2)N(Cc1c(O)cc(OC)cc1OCC)C(=O)OCC1c2ccccc2-c2ccccc21. The molecule has 0 bridgehead atoms. The molecule has 0 saturated heterocycles. The van der Waals surface area contributed by atoms with Gasteiger partial charge in [0.2, 0.25) is 0 Å². The lowest BCUT2D eigenvalue weighted by Crippen LogP contribution is -2.46. The summed E-state index contributed by atoms with van der Waals surface area (Å²) in [6.07, 6.45) is 1.16. The molecule has 14 nitrogen and oxygen atoms in total. The van der Waals surface area contributed by atoms with E-state index in [0.717, 1.165) is 38.3 Å². The Labute approximate surface area is 363 Å². The van der Waals surface area contributed by atoms with Crippen LogP contribution in [0.3, 0.4) is 0 Å². The summed E-state index contributed by atoms with van der Waals surface area (Å²) in [5, 5.41) is 13.8. The minimum atomic E-state index is -4.35. The fourth-order valence-corrected chi connectivity index (χ4v) is 9.80. The Bertz CT molecular complexity index is 2440. The number of amides is 3. The highest BCUT2D eigenvalue weighted by molar-refractivity contribution is 7.90. The van der Waals surface area contributed by atoms with E-state index < -0.39 is 39.8 Å². The summed E-state index contributed by atoms with van der Waals surface area (Å²) < 4.78 is 58.4. The van der Waals surface area contributed by atoms with Crippen molar-refractivity contribution in [2.75, 3.05) is 33.5 Å². The van der Waals surface area contributed by atoms with Crippen molar-refractivity contribution in [3.63, 3.8) is 0 Å². The molecular formula is C47H55N3O11S. The van der Waals surface area contributed by atoms with Crippen LogP contribution in [0.4, 0.5) is 9.59 Å². The number of sulfonamides is 1. The number of aromatic hydroxyl groups is 1. The van der Waals surface area contributed by atoms with Gasteiger partial charge >= 0.3 is 18.1 Å². The summed E-state index contributed by atoms with van der Waals surface area (Å²) in [4.78, 5) is 42.6. The van der Waals surface area contributed by atoms with Crippen molar-refractivity contribution < 1.29 is 51.6 Å². The Morgan fingerprint density at radius 3 is 2.29 bits per heavy atom. The molecule has 0 saturated carbocycles. The van der Waals surface area contributed by atoms with E-state index in [1.807, 2.05) is 69.3 Å². The van der Waals surface area contributed by atoms with E-state index in [1.165, 1.54) is 19.3 Å². The summed E-state index contributed by atoms with van der Waals surface area (Å²) >= 11 is 0. The summed E-state index contributed by atoms with van der Waals surface area (Å²) in [7, 11) is -2.91. The summed E-state index contributed by atoms with van der Waals surface area (Å²) in [6.45, 7) is 14.0. The topological polar surface area (TPSA) is 179 Å². The molecule has 6 rings (SSSR count). The zero-order valence-corrected chi connectivity index (χ0v) is 37.1. The van der Waals surface area contributed by atoms with Crippen LogP contribution >= 0.6 is 0 Å². The van der Waals surface area contributed by atoms with Crippen LogP contribution in [0.1, 0.15) is 78.5 Å². The monoisotopic (exact) mass is 869 g/mol. The number of hydrogen-bond acceptors (Lipinski definition) is 11. The van der Waals surface area contributed by atoms with Gasteiger partial charge in [0.05, 0.1) is 30.7 Å². The van der Waals surface area contributed by atoms with Crippen molar-refractivity contribution >= 4 is 28.1 Å². The molecule has 0 aromatic heterocycles. The zero-order valence-electron chi connectivity index (χ0n) is 36.3. The number of esters is 1. The maximum atomic E-state index is 14.4. The van der Waals surface area contributed by atoms with Gasteiger partial charge in [-0.2, -0.15) is 0 Å². The number of carbonyl (C=O) groups excluding carboxylic acids is 3. The van der Waals surface area contributed by atoms with Crippen molar-refractivity contribution in [3.05, 3.63) is 112 Å². The van der Waals surface area contributed by atoms with Crippen LogP contribution in [0.15, 0.2) is 78.2 Å². The molecule has 4 aromatic rings. The predicted octanol–water partition coefficient (Wildman–Crippen LogP) is 7.76. The summed E-state index contributed by atoms with van der Waals surface area (Å²) in [5.41, 5.74) is 6.38. The molecule has 4 aromatic carbocycles. The molecule has 1 heterocycles. The van der Waals surface area contributed by atoms with Crippen LogP contribution in [-0.2, 0) is 37.3 Å². The molecule has 1 aliphatic heterocycles. The highest BCUT2D eigenvalue weighted by atomic mass is 32.2. The lowest BCUT2D eigenvalue weighted by atomic mass is 9.93. The van der Waals surface area contributed by atoms with E-state index in [4.69, 9.17) is 23.7 Å². The standard InChI is InChI=1S/C47H55N3O11S/c1-9-22-59-44(52)39(20-15-21-48-45(53)49-62(55,56)43-29(4)28(3)36-25-47(6,7)61-42(36)30(43)5)50(26-37-40(51)23-31(57-8)24-41(37)58-10-2)46(54)60-27-38-34-18-13-11-16-32(34)33-17-12-14-19-35(33)38/h9,11-14,16-19,23-24,38-39,51H,1,10,15,20-22,25-27H2,2-8H3,(H2,48,49,53)/t39-/m0/s1. The Morgan fingerprint density at radius 2 is 1.66 bits per heavy atom. The third-order valence-electron chi connectivity index (χ3n) is 11.3. The maximum absolute atomic E-state index is 14.4. The van der Waals surface area contributed by atoms with Crippen molar-refractivity contribution in [3.8, 4) is 34.1 Å². The smallest absolute Gasteiger partial charge is 0.410 e. The van der Waals surface area contributed by atoms with Crippen LogP contribution in [0.5, 0.6) is 23.0 Å². The largest absolute Gasteiger partial charge is 0.507 e. The average molecular weight is 870 g/mol. The number of carbonyl (C=O) groups is 3. The highest BCUT2D eigenvalue weighted by Gasteiger charge is 2.38. The van der Waals surface area contributed by atoms with Gasteiger partial charge in [-0.25, -0.2) is 27.5 Å². The Balaban J connectivity index is 1.23. The number of hydrogen-bond donors (Lipinski definition) is 3. The van der Waals surface area contributed by atoms with Crippen molar-refractivity contribution in [2.45, 2.75) is 89.8 Å². The first-order valence-corrected chi connectivity index (χ1v) is 22.0. The first kappa shape index (κ1) is 45.3. The minimum Gasteiger partial charge on any atom is -0.507 e. The second-order valence-electron chi connectivity index (χ2n) is 16.0. The lowest BCUT2D eigenvalue weighted by Gasteiger charge is -2.31. The summed E-state index contributed by atoms with van der Waals surface area (Å²) in [5.74, 6) is -0.298. The van der Waals surface area contributed by atoms with Gasteiger partial charge < -0.3 is 34.1 Å². The average Bonchev–Trinajstić information content (AvgIpc) is 3.74. The Kier molecular flexibility index (Phi) is 13.7. The number of phenols is 1. The number of nitrogens with zero attached hydrogens (tertiary/aromatic N) is 1. The molecule has 0 spiro atoms. The second kappa shape index (κ2) is 18.8. The molecule has 330 valence electrons. The number of ether oxygens (including phenoxy) is 5. The van der Waals surface area contributed by atoms with E-state index in [0.29, 0.717) is 29.0 Å². The molecule has 0 fully saturated rings. The van der Waals surface area contributed by atoms with Gasteiger partial charge in [0.15, 0.2) is 0 Å². The number of rotatable bonds is 17. The van der Waals surface area contributed by atoms with E-state index in [-0.39, 0.29) is 73.6 Å². The maximum Gasteiger partial charge on any atom is 0.410 e. The molecular weight excluding hydrogens is 815 g/mol. The number of nitrogens with one attached hydrogen (secondary N) is 2. The van der Waals surface area contributed by atoms with E-state index in [2.05, 4.69) is 16.6 Å². The number of urea groups is 1. The molecule has 62 heavy (non-hydrogen) atoms. The minimum absolute atomic E-state index is 0.0291. The molecule has 3 amide bonds. The van der Waals surface area contributed by atoms with Crippen LogP contribution in [-0.4, -0.2) is 81.6 Å². The number of benzene rings is 4. The molecule has 0 radical (unpaired) electrons. The van der Waals surface area contributed by atoms with Crippen molar-refractivity contribution in [2.24, 2.45) is 0 Å². The van der Waals surface area contributed by atoms with Crippen LogP contribution < -0.4 is 24.2 Å². The number of methoxy groups -OCH3 is 1. The fraction of sp³-hybridized carbons (Fsp3) is 0.383. The third kappa shape index (κ3) is 9.47. The number of fused-ring (bicyclic) bond motifs is 4. The first-order chi connectivity index (χ1) is 29.5. The van der Waals surface area contributed by atoms with Gasteiger partial charge in [0, 0.05) is 42.1 Å². The summed E-state index contributed by atoms with van der Waals surface area (Å²) in [6, 6.07) is 16.4. The van der Waals surface area contributed by atoms with Crippen LogP contribution in [0, 0.1) is 20.8 Å². The zero-order chi connectivity index (χ0) is 44.9. The number of phenolic OH excluding ortho intramolecular Hbond substituents is 1. The van der Waals surface area contributed by atoms with E-state index in [1.54, 1.807) is 26.8 Å². The quantitative estimate of drug-likeness (QED) is 0.0537. The van der Waals surface area contributed by atoms with Gasteiger partial charge in [-0.15, -0.1) is 0 Å². The molecule has 2 aliphatic rings. The van der Waals surface area contributed by atoms with Crippen molar-refractivity contribution in [1.82, 2.24) is 14.9 Å². The molecule has 1 atom stereocenters. The van der Waals surface area contributed by atoms with Gasteiger partial charge in [-0.3, -0.25) is 4.90 Å². The fourth-order valence-electron chi connectivity index (χ4n) is 8.33. The van der Waals surface area contributed by atoms with E-state index in [9.17, 15) is 27.9 Å². The Hall–Kier alpha value is -6.22. The third-order valence-corrected chi connectivity index (χ3v) is 12.9. The van der Waals surface area contributed by atoms with Crippen LogP contribution in [0.2, 0.25) is 0 Å². The second-order valence-corrected chi connectivity index (χ2v) is 17.6. The van der Waals surface area contributed by atoms with Crippen molar-refractivity contribution in [1.29, 1.82) is 0 Å². The highest BCUT2D eigenvalue weighted by Crippen LogP contribution is 2.46. The molecule has 0 unspecified atom stereocenters. The molecule has 3 N–H and O–H groups in total. The van der Waals surface area contributed by atoms with Crippen LogP contribution in [0.25, 0.3) is 11.1 Å². The first-order valence-electron chi connectivity index (χ1n) is 20.6. The molecule has 1 aliphatic carbocycles. The van der Waals surface area contributed by atoms with E-state index >= 15 is 0 Å². The predicted molar refractivity (Wildman–Crippen MR) is 233 cm³/mol. The Morgan fingerprint density at radius 1 is 1.00 bits per heavy atom. The lowest BCUT2D eigenvalue weighted by molar-refractivity contribution is -0.148. The molecule has 15 heteroatoms. The van der Waals surface area contributed by atoms with Gasteiger partial charge in [-0.1, -0.05) is 61.2 Å². The van der Waals surface area contributed by atoms with Gasteiger partial charge in [-0.05, 0) is 87.8 Å². The van der Waals surface area contributed by atoms with Gasteiger partial charge in [0.1, 0.15) is 47.9 Å². The van der Waals surface area contributed by atoms with Gasteiger partial charge in [0.25, 0.3) is 10.0 Å².